The Kier molecular flexibility index (Phi) is 3.61. The van der Waals surface area contributed by atoms with E-state index in [0.717, 1.165) is 42.1 Å². The smallest absolute Gasteiger partial charge is 0.146 e. The summed E-state index contributed by atoms with van der Waals surface area (Å²) in [6.07, 6.45) is 1.13. The van der Waals surface area contributed by atoms with E-state index in [9.17, 15) is 0 Å². The molecule has 5 heteroatoms. The second-order valence-corrected chi connectivity index (χ2v) is 6.14. The number of likely N-dealkylation sites (tertiary alicyclic amines) is 1. The average Bonchev–Trinajstić information content (AvgIpc) is 3.01. The third-order valence-electron chi connectivity index (χ3n) is 4.02. The molecule has 0 radical (unpaired) electrons. The minimum absolute atomic E-state index is 0.113. The lowest BCUT2D eigenvalue weighted by Gasteiger charge is -2.18. The van der Waals surface area contributed by atoms with E-state index in [0.29, 0.717) is 6.04 Å². The highest BCUT2D eigenvalue weighted by Crippen LogP contribution is 2.35. The second-order valence-electron chi connectivity index (χ2n) is 5.49. The van der Waals surface area contributed by atoms with E-state index in [1.54, 1.807) is 7.11 Å². The van der Waals surface area contributed by atoms with Crippen molar-refractivity contribution in [2.45, 2.75) is 24.8 Å². The van der Waals surface area contributed by atoms with Crippen LogP contribution in [0.5, 0.6) is 5.75 Å². The van der Waals surface area contributed by atoms with Gasteiger partial charge in [-0.05, 0) is 39.1 Å². The molecular formula is C15H20ClN3O. The van der Waals surface area contributed by atoms with Crippen LogP contribution < -0.4 is 4.74 Å². The van der Waals surface area contributed by atoms with Crippen LogP contribution in [-0.2, 0) is 0 Å². The predicted octanol–water partition coefficient (Wildman–Crippen LogP) is 3.22. The molecule has 3 rings (SSSR count). The van der Waals surface area contributed by atoms with Gasteiger partial charge in [-0.25, -0.2) is 4.98 Å². The number of nitrogens with zero attached hydrogens (tertiary/aromatic N) is 3. The SMILES string of the molecule is COc1cccc2c1nc(C(C)Cl)n2C1CCN(C)C1. The highest BCUT2D eigenvalue weighted by Gasteiger charge is 2.27. The van der Waals surface area contributed by atoms with E-state index in [2.05, 4.69) is 22.6 Å². The first-order valence-electron chi connectivity index (χ1n) is 6.99. The lowest BCUT2D eigenvalue weighted by Crippen LogP contribution is -2.18. The summed E-state index contributed by atoms with van der Waals surface area (Å²) < 4.78 is 7.73. The molecule has 1 saturated heterocycles. The van der Waals surface area contributed by atoms with Gasteiger partial charge in [-0.15, -0.1) is 11.6 Å². The summed E-state index contributed by atoms with van der Waals surface area (Å²) in [5.41, 5.74) is 2.03. The largest absolute Gasteiger partial charge is 0.494 e. The number of aromatic nitrogens is 2. The van der Waals surface area contributed by atoms with Crippen molar-refractivity contribution in [3.8, 4) is 5.75 Å². The molecule has 0 N–H and O–H groups in total. The molecular weight excluding hydrogens is 274 g/mol. The van der Waals surface area contributed by atoms with E-state index in [-0.39, 0.29) is 5.38 Å². The number of imidazole rings is 1. The van der Waals surface area contributed by atoms with Gasteiger partial charge < -0.3 is 14.2 Å². The Morgan fingerprint density at radius 2 is 2.25 bits per heavy atom. The van der Waals surface area contributed by atoms with Crippen LogP contribution in [0.25, 0.3) is 11.0 Å². The molecule has 0 bridgehead atoms. The molecule has 2 aromatic rings. The quantitative estimate of drug-likeness (QED) is 0.814. The fourth-order valence-corrected chi connectivity index (χ4v) is 3.21. The number of hydrogen-bond acceptors (Lipinski definition) is 3. The summed E-state index contributed by atoms with van der Waals surface area (Å²) in [5, 5.41) is -0.113. The molecule has 2 heterocycles. The molecule has 0 spiro atoms. The van der Waals surface area contributed by atoms with Crippen LogP contribution in [0.15, 0.2) is 18.2 Å². The van der Waals surface area contributed by atoms with Crippen LogP contribution >= 0.6 is 11.6 Å². The topological polar surface area (TPSA) is 30.3 Å². The molecule has 0 saturated carbocycles. The Hall–Kier alpha value is -1.26. The number of rotatable bonds is 3. The normalized spacial score (nSPS) is 21.5. The summed E-state index contributed by atoms with van der Waals surface area (Å²) in [6, 6.07) is 6.50. The highest BCUT2D eigenvalue weighted by molar-refractivity contribution is 6.20. The Labute approximate surface area is 124 Å². The van der Waals surface area contributed by atoms with E-state index in [4.69, 9.17) is 21.3 Å². The fourth-order valence-electron chi connectivity index (χ4n) is 3.06. The van der Waals surface area contributed by atoms with Crippen LogP contribution in [0.2, 0.25) is 0 Å². The van der Waals surface area contributed by atoms with Gasteiger partial charge in [0, 0.05) is 12.6 Å². The first-order chi connectivity index (χ1) is 9.61. The summed E-state index contributed by atoms with van der Waals surface area (Å²) in [4.78, 5) is 7.09. The molecule has 20 heavy (non-hydrogen) atoms. The molecule has 1 aromatic carbocycles. The third kappa shape index (κ3) is 2.17. The Morgan fingerprint density at radius 1 is 1.45 bits per heavy atom. The average molecular weight is 294 g/mol. The number of benzene rings is 1. The van der Waals surface area contributed by atoms with E-state index in [1.165, 1.54) is 0 Å². The molecule has 1 aliphatic rings. The van der Waals surface area contributed by atoms with Gasteiger partial charge in [0.25, 0.3) is 0 Å². The van der Waals surface area contributed by atoms with Crippen LogP contribution in [0.3, 0.4) is 0 Å². The number of ether oxygens (including phenoxy) is 1. The number of halogens is 1. The van der Waals surface area contributed by atoms with Gasteiger partial charge in [0.1, 0.15) is 17.1 Å². The van der Waals surface area contributed by atoms with Gasteiger partial charge in [0.2, 0.25) is 0 Å². The first-order valence-corrected chi connectivity index (χ1v) is 7.43. The maximum absolute atomic E-state index is 6.35. The number of hydrogen-bond donors (Lipinski definition) is 0. The molecule has 4 nitrogen and oxygen atoms in total. The third-order valence-corrected chi connectivity index (χ3v) is 4.21. The Balaban J connectivity index is 2.19. The van der Waals surface area contributed by atoms with Crippen LogP contribution in [0.1, 0.15) is 30.6 Å². The number of fused-ring (bicyclic) bond motifs is 1. The lowest BCUT2D eigenvalue weighted by molar-refractivity contribution is 0.392. The number of likely N-dealkylation sites (N-methyl/N-ethyl adjacent to an activating group) is 1. The van der Waals surface area contributed by atoms with Gasteiger partial charge in [0.15, 0.2) is 0 Å². The second kappa shape index (κ2) is 5.26. The molecule has 1 aliphatic heterocycles. The van der Waals surface area contributed by atoms with Gasteiger partial charge in [0.05, 0.1) is 18.0 Å². The van der Waals surface area contributed by atoms with Gasteiger partial charge in [-0.2, -0.15) is 0 Å². The van der Waals surface area contributed by atoms with Crippen molar-refractivity contribution < 1.29 is 4.74 Å². The van der Waals surface area contributed by atoms with Gasteiger partial charge in [-0.1, -0.05) is 6.07 Å². The summed E-state index contributed by atoms with van der Waals surface area (Å²) >= 11 is 6.35. The summed E-state index contributed by atoms with van der Waals surface area (Å²) in [7, 11) is 3.84. The first kappa shape index (κ1) is 13.7. The Morgan fingerprint density at radius 3 is 2.85 bits per heavy atom. The molecule has 0 amide bonds. The predicted molar refractivity (Wildman–Crippen MR) is 81.7 cm³/mol. The number of alkyl halides is 1. The van der Waals surface area contributed by atoms with Crippen LogP contribution in [0, 0.1) is 0 Å². The van der Waals surface area contributed by atoms with E-state index in [1.807, 2.05) is 19.1 Å². The minimum Gasteiger partial charge on any atom is -0.494 e. The van der Waals surface area contributed by atoms with Crippen molar-refractivity contribution in [1.82, 2.24) is 14.5 Å². The number of para-hydroxylation sites is 1. The molecule has 1 aromatic heterocycles. The molecule has 2 atom stereocenters. The zero-order chi connectivity index (χ0) is 14.3. The molecule has 1 fully saturated rings. The van der Waals surface area contributed by atoms with Crippen molar-refractivity contribution in [3.05, 3.63) is 24.0 Å². The monoisotopic (exact) mass is 293 g/mol. The van der Waals surface area contributed by atoms with Crippen LogP contribution in [0.4, 0.5) is 0 Å². The van der Waals surface area contributed by atoms with E-state index < -0.39 is 0 Å². The molecule has 0 aliphatic carbocycles. The van der Waals surface area contributed by atoms with Crippen molar-refractivity contribution >= 4 is 22.6 Å². The summed E-state index contributed by atoms with van der Waals surface area (Å²) in [5.74, 6) is 1.75. The van der Waals surface area contributed by atoms with E-state index >= 15 is 0 Å². The van der Waals surface area contributed by atoms with Crippen molar-refractivity contribution in [2.75, 3.05) is 27.2 Å². The highest BCUT2D eigenvalue weighted by atomic mass is 35.5. The zero-order valence-electron chi connectivity index (χ0n) is 12.1. The van der Waals surface area contributed by atoms with Crippen molar-refractivity contribution in [1.29, 1.82) is 0 Å². The maximum atomic E-state index is 6.35. The zero-order valence-corrected chi connectivity index (χ0v) is 12.9. The van der Waals surface area contributed by atoms with Crippen molar-refractivity contribution in [2.24, 2.45) is 0 Å². The Bertz CT molecular complexity index is 623. The van der Waals surface area contributed by atoms with Gasteiger partial charge >= 0.3 is 0 Å². The molecule has 108 valence electrons. The summed E-state index contributed by atoms with van der Waals surface area (Å²) in [6.45, 7) is 4.13. The number of methoxy groups -OCH3 is 1. The van der Waals surface area contributed by atoms with Crippen molar-refractivity contribution in [3.63, 3.8) is 0 Å². The minimum atomic E-state index is -0.113. The molecule has 2 unspecified atom stereocenters. The standard InChI is InChI=1S/C15H20ClN3O/c1-10(16)15-17-14-12(5-4-6-13(14)20-3)19(15)11-7-8-18(2)9-11/h4-6,10-11H,7-9H2,1-3H3. The van der Waals surface area contributed by atoms with Gasteiger partial charge in [-0.3, -0.25) is 0 Å². The van der Waals surface area contributed by atoms with Crippen LogP contribution in [-0.4, -0.2) is 41.7 Å². The maximum Gasteiger partial charge on any atom is 0.146 e. The lowest BCUT2D eigenvalue weighted by atomic mass is 10.2. The fraction of sp³-hybridized carbons (Fsp3) is 0.533.